The number of hydrogen-bond acceptors (Lipinski definition) is 5. The summed E-state index contributed by atoms with van der Waals surface area (Å²) in [7, 11) is 1.56. The highest BCUT2D eigenvalue weighted by molar-refractivity contribution is 6.04. The van der Waals surface area contributed by atoms with Gasteiger partial charge < -0.3 is 18.9 Å². The van der Waals surface area contributed by atoms with Gasteiger partial charge in [-0.1, -0.05) is 0 Å². The van der Waals surface area contributed by atoms with E-state index in [0.29, 0.717) is 23.6 Å². The van der Waals surface area contributed by atoms with Crippen LogP contribution in [0.15, 0.2) is 44.0 Å². The molecule has 0 aliphatic rings. The smallest absolute Gasteiger partial charge is 0.336 e. The number of anilines is 1. The van der Waals surface area contributed by atoms with Crippen LogP contribution in [0.2, 0.25) is 0 Å². The van der Waals surface area contributed by atoms with E-state index in [-0.39, 0.29) is 11.7 Å². The van der Waals surface area contributed by atoms with Crippen molar-refractivity contribution >= 4 is 22.6 Å². The van der Waals surface area contributed by atoms with Crippen LogP contribution >= 0.6 is 0 Å². The normalized spacial score (nSPS) is 11.0. The summed E-state index contributed by atoms with van der Waals surface area (Å²) >= 11 is 0. The summed E-state index contributed by atoms with van der Waals surface area (Å²) in [5.41, 5.74) is 2.31. The van der Waals surface area contributed by atoms with Gasteiger partial charge in [0.05, 0.1) is 0 Å². The van der Waals surface area contributed by atoms with Crippen molar-refractivity contribution in [2.75, 3.05) is 12.4 Å². The molecule has 1 aromatic carbocycles. The lowest BCUT2D eigenvalue weighted by atomic mass is 10.1. The molecule has 3 rings (SSSR count). The monoisotopic (exact) mass is 327 g/mol. The first-order valence-corrected chi connectivity index (χ1v) is 7.42. The van der Waals surface area contributed by atoms with Gasteiger partial charge in [0, 0.05) is 24.2 Å². The van der Waals surface area contributed by atoms with Gasteiger partial charge in [-0.15, -0.1) is 0 Å². The first-order chi connectivity index (χ1) is 11.5. The lowest BCUT2D eigenvalue weighted by molar-refractivity contribution is 0.0987. The maximum Gasteiger partial charge on any atom is 0.336 e. The van der Waals surface area contributed by atoms with Crippen LogP contribution in [0.5, 0.6) is 0 Å². The number of aryl methyl sites for hydroxylation is 2. The Hall–Kier alpha value is -2.86. The predicted octanol–water partition coefficient (Wildman–Crippen LogP) is 3.40. The standard InChI is InChI=1S/C18H17NO5/c1-10-7-17(20)24-16-6-11(2)14(8-13(10)16)19-18(21)15-5-4-12(23-15)9-22-3/h4-8H,9H2,1-3H3,(H,19,21). The van der Waals surface area contributed by atoms with Gasteiger partial charge in [0.15, 0.2) is 5.76 Å². The molecule has 0 bridgehead atoms. The number of carbonyl (C=O) groups is 1. The van der Waals surface area contributed by atoms with Crippen LogP contribution in [0.1, 0.15) is 27.4 Å². The number of amides is 1. The largest absolute Gasteiger partial charge is 0.453 e. The average molecular weight is 327 g/mol. The van der Waals surface area contributed by atoms with Crippen molar-refractivity contribution in [2.45, 2.75) is 20.5 Å². The summed E-state index contributed by atoms with van der Waals surface area (Å²) in [6.45, 7) is 3.96. The molecule has 0 unspecified atom stereocenters. The summed E-state index contributed by atoms with van der Waals surface area (Å²) in [6.07, 6.45) is 0. The van der Waals surface area contributed by atoms with Crippen molar-refractivity contribution < 1.29 is 18.4 Å². The van der Waals surface area contributed by atoms with E-state index in [9.17, 15) is 9.59 Å². The van der Waals surface area contributed by atoms with E-state index in [1.54, 1.807) is 31.4 Å². The average Bonchev–Trinajstić information content (AvgIpc) is 2.97. The summed E-state index contributed by atoms with van der Waals surface area (Å²) in [5, 5.41) is 3.60. The van der Waals surface area contributed by atoms with Gasteiger partial charge in [0.2, 0.25) is 0 Å². The molecular formula is C18H17NO5. The van der Waals surface area contributed by atoms with Gasteiger partial charge in [-0.2, -0.15) is 0 Å². The zero-order valence-corrected chi connectivity index (χ0v) is 13.6. The van der Waals surface area contributed by atoms with E-state index in [2.05, 4.69) is 5.32 Å². The number of furan rings is 1. The first kappa shape index (κ1) is 16.0. The Morgan fingerprint density at radius 2 is 1.92 bits per heavy atom. The molecule has 1 N–H and O–H groups in total. The minimum absolute atomic E-state index is 0.206. The first-order valence-electron chi connectivity index (χ1n) is 7.42. The maximum atomic E-state index is 12.3. The second-order valence-electron chi connectivity index (χ2n) is 5.56. The zero-order valence-electron chi connectivity index (χ0n) is 13.6. The number of fused-ring (bicyclic) bond motifs is 1. The van der Waals surface area contributed by atoms with Crippen molar-refractivity contribution in [1.82, 2.24) is 0 Å². The molecule has 0 saturated carbocycles. The van der Waals surface area contributed by atoms with Crippen molar-refractivity contribution in [3.8, 4) is 0 Å². The lowest BCUT2D eigenvalue weighted by Gasteiger charge is -2.09. The molecule has 0 radical (unpaired) electrons. The Bertz CT molecular complexity index is 967. The number of ether oxygens (including phenoxy) is 1. The third-order valence-electron chi connectivity index (χ3n) is 3.72. The SMILES string of the molecule is COCc1ccc(C(=O)Nc2cc3c(C)cc(=O)oc3cc2C)o1. The number of hydrogen-bond donors (Lipinski definition) is 1. The number of rotatable bonds is 4. The number of carbonyl (C=O) groups excluding carboxylic acids is 1. The predicted molar refractivity (Wildman–Crippen MR) is 89.3 cm³/mol. The van der Waals surface area contributed by atoms with Gasteiger partial charge in [-0.25, -0.2) is 4.79 Å². The molecule has 0 aliphatic heterocycles. The number of benzene rings is 1. The molecule has 6 nitrogen and oxygen atoms in total. The van der Waals surface area contributed by atoms with Crippen molar-refractivity contribution in [3.63, 3.8) is 0 Å². The van der Waals surface area contributed by atoms with E-state index in [1.807, 2.05) is 13.8 Å². The molecule has 1 amide bonds. The Morgan fingerprint density at radius 3 is 2.67 bits per heavy atom. The van der Waals surface area contributed by atoms with Crippen LogP contribution in [-0.4, -0.2) is 13.0 Å². The fourth-order valence-electron chi connectivity index (χ4n) is 2.50. The quantitative estimate of drug-likeness (QED) is 0.743. The lowest BCUT2D eigenvalue weighted by Crippen LogP contribution is -2.12. The highest BCUT2D eigenvalue weighted by atomic mass is 16.5. The third kappa shape index (κ3) is 3.09. The third-order valence-corrected chi connectivity index (χ3v) is 3.72. The van der Waals surface area contributed by atoms with Crippen LogP contribution in [0.3, 0.4) is 0 Å². The Balaban J connectivity index is 1.92. The molecule has 0 aliphatic carbocycles. The van der Waals surface area contributed by atoms with Crippen molar-refractivity contribution in [2.24, 2.45) is 0 Å². The minimum Gasteiger partial charge on any atom is -0.453 e. The van der Waals surface area contributed by atoms with Crippen LogP contribution in [0, 0.1) is 13.8 Å². The zero-order chi connectivity index (χ0) is 17.3. The Morgan fingerprint density at radius 1 is 1.12 bits per heavy atom. The van der Waals surface area contributed by atoms with E-state index in [1.165, 1.54) is 6.07 Å². The molecule has 2 heterocycles. The molecule has 6 heteroatoms. The van der Waals surface area contributed by atoms with Gasteiger partial charge in [-0.05, 0) is 49.2 Å². The Labute approximate surface area is 138 Å². The molecule has 0 spiro atoms. The minimum atomic E-state index is -0.391. The molecule has 0 atom stereocenters. The van der Waals surface area contributed by atoms with E-state index >= 15 is 0 Å². The molecular weight excluding hydrogens is 310 g/mol. The molecule has 2 aromatic heterocycles. The van der Waals surface area contributed by atoms with Gasteiger partial charge >= 0.3 is 5.63 Å². The van der Waals surface area contributed by atoms with E-state index in [0.717, 1.165) is 16.5 Å². The topological polar surface area (TPSA) is 81.7 Å². The van der Waals surface area contributed by atoms with Gasteiger partial charge in [0.1, 0.15) is 18.0 Å². The Kier molecular flexibility index (Phi) is 4.22. The number of methoxy groups -OCH3 is 1. The summed E-state index contributed by atoms with van der Waals surface area (Å²) in [4.78, 5) is 23.8. The van der Waals surface area contributed by atoms with Gasteiger partial charge in [-0.3, -0.25) is 4.79 Å². The molecule has 24 heavy (non-hydrogen) atoms. The molecule has 124 valence electrons. The van der Waals surface area contributed by atoms with Crippen LogP contribution in [0.25, 0.3) is 11.0 Å². The van der Waals surface area contributed by atoms with Crippen molar-refractivity contribution in [3.05, 3.63) is 63.4 Å². The van der Waals surface area contributed by atoms with Crippen LogP contribution in [0.4, 0.5) is 5.69 Å². The molecule has 0 fully saturated rings. The van der Waals surface area contributed by atoms with E-state index < -0.39 is 5.63 Å². The van der Waals surface area contributed by atoms with Crippen LogP contribution < -0.4 is 10.9 Å². The molecule has 0 saturated heterocycles. The molecule has 3 aromatic rings. The summed E-state index contributed by atoms with van der Waals surface area (Å²) in [5.74, 6) is 0.434. The van der Waals surface area contributed by atoms with Crippen LogP contribution in [-0.2, 0) is 11.3 Å². The highest BCUT2D eigenvalue weighted by Crippen LogP contribution is 2.25. The number of nitrogens with one attached hydrogen (secondary N) is 1. The maximum absolute atomic E-state index is 12.3. The second-order valence-corrected chi connectivity index (χ2v) is 5.56. The van der Waals surface area contributed by atoms with E-state index in [4.69, 9.17) is 13.6 Å². The highest BCUT2D eigenvalue weighted by Gasteiger charge is 2.14. The fourth-order valence-corrected chi connectivity index (χ4v) is 2.50. The fraction of sp³-hybridized carbons (Fsp3) is 0.222. The summed E-state index contributed by atoms with van der Waals surface area (Å²) < 4.78 is 15.6. The second kappa shape index (κ2) is 6.33. The summed E-state index contributed by atoms with van der Waals surface area (Å²) in [6, 6.07) is 8.25. The van der Waals surface area contributed by atoms with Gasteiger partial charge in [0.25, 0.3) is 5.91 Å². The van der Waals surface area contributed by atoms with Crippen molar-refractivity contribution in [1.29, 1.82) is 0 Å².